The number of carbonyl (C=O) groups excluding carboxylic acids is 2. The molecule has 0 amide bonds. The molecule has 110 valence electrons. The average Bonchev–Trinajstić information content (AvgIpc) is 2.24. The van der Waals surface area contributed by atoms with E-state index in [1.807, 2.05) is 20.8 Å². The van der Waals surface area contributed by atoms with Crippen LogP contribution in [0.2, 0.25) is 5.02 Å². The van der Waals surface area contributed by atoms with Gasteiger partial charge in [0.15, 0.2) is 5.12 Å². The van der Waals surface area contributed by atoms with Crippen LogP contribution in [-0.4, -0.2) is 15.6 Å². The number of Topliss-reactive ketones (excluding diaryl/α,β-unsaturated/α-hetero) is 1. The summed E-state index contributed by atoms with van der Waals surface area (Å²) >= 11 is 6.80. The Morgan fingerprint density at radius 3 is 2.40 bits per heavy atom. The number of carbonyl (C=O) groups is 2. The summed E-state index contributed by atoms with van der Waals surface area (Å²) < 4.78 is 13.5. The first-order valence-corrected chi connectivity index (χ1v) is 7.47. The molecule has 1 aromatic carbocycles. The molecule has 2 nitrogen and oxygen atoms in total. The maximum absolute atomic E-state index is 13.8. The molecule has 0 bridgehead atoms. The van der Waals surface area contributed by atoms with Gasteiger partial charge in [0.2, 0.25) is 0 Å². The molecule has 20 heavy (non-hydrogen) atoms. The van der Waals surface area contributed by atoms with Crippen molar-refractivity contribution in [3.63, 3.8) is 0 Å². The fourth-order valence-corrected chi connectivity index (χ4v) is 2.83. The van der Waals surface area contributed by atoms with E-state index in [-0.39, 0.29) is 22.1 Å². The van der Waals surface area contributed by atoms with Gasteiger partial charge in [-0.25, -0.2) is 4.39 Å². The van der Waals surface area contributed by atoms with Gasteiger partial charge in [0, 0.05) is 9.77 Å². The van der Waals surface area contributed by atoms with Crippen LogP contribution in [0, 0.1) is 11.7 Å². The zero-order valence-corrected chi connectivity index (χ0v) is 13.6. The van der Waals surface area contributed by atoms with Gasteiger partial charge in [0.05, 0.1) is 5.92 Å². The van der Waals surface area contributed by atoms with Crippen molar-refractivity contribution < 1.29 is 14.0 Å². The van der Waals surface area contributed by atoms with Crippen LogP contribution in [0.5, 0.6) is 0 Å². The highest BCUT2D eigenvalue weighted by molar-refractivity contribution is 8.14. The van der Waals surface area contributed by atoms with E-state index in [1.54, 1.807) is 6.07 Å². The smallest absolute Gasteiger partial charge is 0.200 e. The third-order valence-electron chi connectivity index (χ3n) is 2.62. The van der Waals surface area contributed by atoms with E-state index in [1.165, 1.54) is 19.1 Å². The van der Waals surface area contributed by atoms with Crippen LogP contribution in [0.15, 0.2) is 18.2 Å². The lowest BCUT2D eigenvalue weighted by Crippen LogP contribution is -2.26. The van der Waals surface area contributed by atoms with E-state index in [0.29, 0.717) is 10.6 Å². The maximum atomic E-state index is 13.8. The second kappa shape index (κ2) is 6.72. The van der Waals surface area contributed by atoms with Crippen LogP contribution in [0.1, 0.15) is 33.3 Å². The van der Waals surface area contributed by atoms with Crippen molar-refractivity contribution in [3.05, 3.63) is 34.6 Å². The van der Waals surface area contributed by atoms with Crippen molar-refractivity contribution in [2.75, 3.05) is 0 Å². The molecule has 0 aliphatic heterocycles. The predicted molar refractivity (Wildman–Crippen MR) is 81.6 cm³/mol. The van der Waals surface area contributed by atoms with Gasteiger partial charge in [0.25, 0.3) is 0 Å². The van der Waals surface area contributed by atoms with Gasteiger partial charge in [-0.3, -0.25) is 9.59 Å². The number of benzene rings is 1. The first-order valence-electron chi connectivity index (χ1n) is 6.27. The van der Waals surface area contributed by atoms with Crippen molar-refractivity contribution in [3.8, 4) is 0 Å². The van der Waals surface area contributed by atoms with Crippen LogP contribution in [0.3, 0.4) is 0 Å². The van der Waals surface area contributed by atoms with Crippen LogP contribution in [-0.2, 0) is 16.0 Å². The van der Waals surface area contributed by atoms with Gasteiger partial charge in [-0.15, -0.1) is 0 Å². The van der Waals surface area contributed by atoms with Gasteiger partial charge in [-0.1, -0.05) is 50.2 Å². The Hall–Kier alpha value is -0.870. The zero-order valence-electron chi connectivity index (χ0n) is 12.0. The summed E-state index contributed by atoms with van der Waals surface area (Å²) in [5.74, 6) is -1.56. The lowest BCUT2D eigenvalue weighted by molar-refractivity contribution is -0.127. The van der Waals surface area contributed by atoms with Crippen LogP contribution >= 0.6 is 23.4 Å². The topological polar surface area (TPSA) is 34.1 Å². The Labute approximate surface area is 128 Å². The molecule has 1 unspecified atom stereocenters. The molecule has 1 rings (SSSR count). The molecule has 1 atom stereocenters. The molecular formula is C15H18ClFO2S. The minimum atomic E-state index is -0.824. The number of halogens is 2. The van der Waals surface area contributed by atoms with Gasteiger partial charge < -0.3 is 0 Å². The summed E-state index contributed by atoms with van der Waals surface area (Å²) in [4.78, 5) is 23.8. The van der Waals surface area contributed by atoms with Crippen molar-refractivity contribution in [1.29, 1.82) is 0 Å². The molecule has 0 radical (unpaired) electrons. The molecule has 0 aliphatic rings. The lowest BCUT2D eigenvalue weighted by atomic mass is 9.97. The second-order valence-electron chi connectivity index (χ2n) is 5.64. The minimum Gasteiger partial charge on any atom is -0.299 e. The lowest BCUT2D eigenvalue weighted by Gasteiger charge is -2.20. The molecule has 0 aliphatic carbocycles. The Bertz CT molecular complexity index is 523. The average molecular weight is 317 g/mol. The van der Waals surface area contributed by atoms with Gasteiger partial charge in [-0.2, -0.15) is 0 Å². The van der Waals surface area contributed by atoms with Crippen molar-refractivity contribution in [2.45, 2.75) is 38.9 Å². The third kappa shape index (κ3) is 5.25. The second-order valence-corrected chi connectivity index (χ2v) is 7.90. The zero-order chi connectivity index (χ0) is 15.5. The van der Waals surface area contributed by atoms with Crippen LogP contribution < -0.4 is 0 Å². The fraction of sp³-hybridized carbons (Fsp3) is 0.467. The molecule has 0 heterocycles. The van der Waals surface area contributed by atoms with E-state index in [4.69, 9.17) is 11.6 Å². The number of rotatable bonds is 4. The van der Waals surface area contributed by atoms with Gasteiger partial charge in [0.1, 0.15) is 11.6 Å². The van der Waals surface area contributed by atoms with Crippen molar-refractivity contribution in [2.24, 2.45) is 5.92 Å². The predicted octanol–water partition coefficient (Wildman–Crippen LogP) is 4.29. The summed E-state index contributed by atoms with van der Waals surface area (Å²) in [6.07, 6.45) is 0.0697. The largest absolute Gasteiger partial charge is 0.299 e. The summed E-state index contributed by atoms with van der Waals surface area (Å²) in [5, 5.41) is 0.0698. The first-order chi connectivity index (χ1) is 9.10. The number of hydrogen-bond acceptors (Lipinski definition) is 3. The molecule has 0 N–H and O–H groups in total. The number of hydrogen-bond donors (Lipinski definition) is 0. The Kier molecular flexibility index (Phi) is 5.78. The highest BCUT2D eigenvalue weighted by Gasteiger charge is 2.29. The van der Waals surface area contributed by atoms with Crippen molar-refractivity contribution >= 4 is 34.3 Å². The molecule has 0 fully saturated rings. The highest BCUT2D eigenvalue weighted by atomic mass is 35.5. The van der Waals surface area contributed by atoms with E-state index in [2.05, 4.69) is 0 Å². The van der Waals surface area contributed by atoms with Gasteiger partial charge >= 0.3 is 0 Å². The normalized spacial score (nSPS) is 13.1. The Morgan fingerprint density at radius 1 is 1.35 bits per heavy atom. The summed E-state index contributed by atoms with van der Waals surface area (Å²) in [6, 6.07) is 4.26. The highest BCUT2D eigenvalue weighted by Crippen LogP contribution is 2.29. The maximum Gasteiger partial charge on any atom is 0.200 e. The molecule has 0 spiro atoms. The SMILES string of the molecule is CC(=O)C(Cc1ccc(Cl)cc1F)C(=O)SC(C)(C)C. The first kappa shape index (κ1) is 17.2. The van der Waals surface area contributed by atoms with Crippen LogP contribution in [0.25, 0.3) is 0 Å². The number of thioether (sulfide) groups is 1. The van der Waals surface area contributed by atoms with E-state index >= 15 is 0 Å². The van der Waals surface area contributed by atoms with Gasteiger partial charge in [-0.05, 0) is 31.0 Å². The van der Waals surface area contributed by atoms with Crippen LogP contribution in [0.4, 0.5) is 4.39 Å². The van der Waals surface area contributed by atoms with E-state index in [0.717, 1.165) is 11.8 Å². The van der Waals surface area contributed by atoms with Crippen molar-refractivity contribution in [1.82, 2.24) is 0 Å². The molecule has 0 saturated carbocycles. The molecular weight excluding hydrogens is 299 g/mol. The molecule has 1 aromatic rings. The Balaban J connectivity index is 2.93. The summed E-state index contributed by atoms with van der Waals surface area (Å²) in [7, 11) is 0. The standard InChI is InChI=1S/C15H18ClFO2S/c1-9(18)12(14(19)20-15(2,3)4)7-10-5-6-11(16)8-13(10)17/h5-6,8,12H,7H2,1-4H3. The summed E-state index contributed by atoms with van der Waals surface area (Å²) in [5.41, 5.74) is 0.331. The fourth-order valence-electron chi connectivity index (χ4n) is 1.67. The quantitative estimate of drug-likeness (QED) is 0.777. The molecule has 0 aromatic heterocycles. The number of ketones is 1. The van der Waals surface area contributed by atoms with E-state index in [9.17, 15) is 14.0 Å². The molecule has 5 heteroatoms. The third-order valence-corrected chi connectivity index (χ3v) is 3.95. The van der Waals surface area contributed by atoms with E-state index < -0.39 is 11.7 Å². The summed E-state index contributed by atoms with van der Waals surface area (Å²) in [6.45, 7) is 7.06. The molecule has 0 saturated heterocycles. The minimum absolute atomic E-state index is 0.0697. The monoisotopic (exact) mass is 316 g/mol. The Morgan fingerprint density at radius 2 is 1.95 bits per heavy atom.